The van der Waals surface area contributed by atoms with Gasteiger partial charge in [0.05, 0.1) is 11.6 Å². The summed E-state index contributed by atoms with van der Waals surface area (Å²) in [6.07, 6.45) is 3.76. The van der Waals surface area contributed by atoms with E-state index in [9.17, 15) is 9.59 Å². The van der Waals surface area contributed by atoms with Gasteiger partial charge in [-0.15, -0.1) is 0 Å². The van der Waals surface area contributed by atoms with E-state index in [0.717, 1.165) is 31.2 Å². The van der Waals surface area contributed by atoms with Gasteiger partial charge in [-0.05, 0) is 31.2 Å². The predicted octanol–water partition coefficient (Wildman–Crippen LogP) is 2.85. The molecule has 2 aliphatic rings. The monoisotopic (exact) mass is 316 g/mol. The van der Waals surface area contributed by atoms with Gasteiger partial charge in [-0.3, -0.25) is 4.79 Å². The smallest absolute Gasteiger partial charge is 0.410 e. The number of ether oxygens (including phenoxy) is 1. The minimum atomic E-state index is -0.277. The number of rotatable bonds is 3. The lowest BCUT2D eigenvalue weighted by Gasteiger charge is -2.47. The Morgan fingerprint density at radius 2 is 2.13 bits per heavy atom. The van der Waals surface area contributed by atoms with Gasteiger partial charge in [0.1, 0.15) is 6.61 Å². The maximum Gasteiger partial charge on any atom is 0.410 e. The van der Waals surface area contributed by atoms with E-state index in [1.807, 2.05) is 35.2 Å². The highest BCUT2D eigenvalue weighted by Gasteiger charge is 2.49. The van der Waals surface area contributed by atoms with Crippen molar-refractivity contribution in [3.05, 3.63) is 35.9 Å². The molecule has 1 unspecified atom stereocenters. The summed E-state index contributed by atoms with van der Waals surface area (Å²) >= 11 is 0. The topological polar surface area (TPSA) is 58.6 Å². The normalized spacial score (nSPS) is 27.1. The second-order valence-corrected chi connectivity index (χ2v) is 6.47. The summed E-state index contributed by atoms with van der Waals surface area (Å²) in [6, 6.07) is 9.71. The summed E-state index contributed by atoms with van der Waals surface area (Å²) in [7, 11) is 0. The number of amides is 2. The SMILES string of the molecule is CCC1N(C(=O)OCc2ccccc2)CCC[C@]12CCC(=O)N2. The van der Waals surface area contributed by atoms with Gasteiger partial charge < -0.3 is 15.0 Å². The Balaban J connectivity index is 1.68. The van der Waals surface area contributed by atoms with Crippen molar-refractivity contribution in [1.29, 1.82) is 0 Å². The van der Waals surface area contributed by atoms with Crippen molar-refractivity contribution in [1.82, 2.24) is 10.2 Å². The van der Waals surface area contributed by atoms with Crippen LogP contribution >= 0.6 is 0 Å². The molecule has 2 heterocycles. The van der Waals surface area contributed by atoms with Crippen molar-refractivity contribution >= 4 is 12.0 Å². The fourth-order valence-electron chi connectivity index (χ4n) is 3.99. The van der Waals surface area contributed by atoms with Gasteiger partial charge in [0.2, 0.25) is 5.91 Å². The van der Waals surface area contributed by atoms with E-state index < -0.39 is 0 Å². The first kappa shape index (κ1) is 15.8. The molecule has 0 saturated carbocycles. The Morgan fingerprint density at radius 1 is 1.35 bits per heavy atom. The van der Waals surface area contributed by atoms with Crippen molar-refractivity contribution in [2.24, 2.45) is 0 Å². The third-order valence-electron chi connectivity index (χ3n) is 5.05. The molecule has 0 aromatic heterocycles. The first-order valence-corrected chi connectivity index (χ1v) is 8.43. The molecule has 0 aliphatic carbocycles. The Hall–Kier alpha value is -2.04. The second kappa shape index (κ2) is 6.60. The average Bonchev–Trinajstić information content (AvgIpc) is 2.94. The highest BCUT2D eigenvalue weighted by molar-refractivity contribution is 5.80. The van der Waals surface area contributed by atoms with E-state index in [4.69, 9.17) is 4.74 Å². The number of likely N-dealkylation sites (tertiary alicyclic amines) is 1. The van der Waals surface area contributed by atoms with Crippen LogP contribution in [0.5, 0.6) is 0 Å². The van der Waals surface area contributed by atoms with E-state index >= 15 is 0 Å². The molecule has 23 heavy (non-hydrogen) atoms. The summed E-state index contributed by atoms with van der Waals surface area (Å²) in [4.78, 5) is 26.1. The van der Waals surface area contributed by atoms with Crippen LogP contribution in [0.3, 0.4) is 0 Å². The second-order valence-electron chi connectivity index (χ2n) is 6.47. The molecule has 2 aliphatic heterocycles. The molecule has 3 rings (SSSR count). The number of hydrogen-bond donors (Lipinski definition) is 1. The largest absolute Gasteiger partial charge is 0.445 e. The number of piperidine rings is 1. The van der Waals surface area contributed by atoms with Gasteiger partial charge in [-0.25, -0.2) is 4.79 Å². The third kappa shape index (κ3) is 3.19. The zero-order valence-corrected chi connectivity index (χ0v) is 13.6. The predicted molar refractivity (Wildman–Crippen MR) is 86.8 cm³/mol. The van der Waals surface area contributed by atoms with Gasteiger partial charge in [-0.1, -0.05) is 37.3 Å². The number of hydrogen-bond acceptors (Lipinski definition) is 3. The first-order chi connectivity index (χ1) is 11.1. The lowest BCUT2D eigenvalue weighted by Crippen LogP contribution is -2.63. The molecule has 2 saturated heterocycles. The quantitative estimate of drug-likeness (QED) is 0.933. The fourth-order valence-corrected chi connectivity index (χ4v) is 3.99. The number of carbonyl (C=O) groups is 2. The molecule has 1 aromatic carbocycles. The highest BCUT2D eigenvalue weighted by atomic mass is 16.6. The Morgan fingerprint density at radius 3 is 2.78 bits per heavy atom. The highest BCUT2D eigenvalue weighted by Crippen LogP contribution is 2.37. The molecule has 5 heteroatoms. The van der Waals surface area contributed by atoms with Crippen LogP contribution in [0.4, 0.5) is 4.79 Å². The summed E-state index contributed by atoms with van der Waals surface area (Å²) in [5, 5.41) is 3.14. The number of carbonyl (C=O) groups excluding carboxylic acids is 2. The van der Waals surface area contributed by atoms with E-state index in [0.29, 0.717) is 13.0 Å². The van der Waals surface area contributed by atoms with Crippen LogP contribution in [-0.4, -0.2) is 35.0 Å². The van der Waals surface area contributed by atoms with Crippen molar-refractivity contribution in [3.8, 4) is 0 Å². The Labute approximate surface area is 137 Å². The zero-order valence-electron chi connectivity index (χ0n) is 13.6. The molecule has 124 valence electrons. The van der Waals surface area contributed by atoms with Crippen molar-refractivity contribution in [3.63, 3.8) is 0 Å². The number of nitrogens with one attached hydrogen (secondary N) is 1. The maximum atomic E-state index is 12.6. The molecule has 1 spiro atoms. The molecule has 5 nitrogen and oxygen atoms in total. The minimum Gasteiger partial charge on any atom is -0.445 e. The van der Waals surface area contributed by atoms with Crippen molar-refractivity contribution in [2.75, 3.05) is 6.54 Å². The third-order valence-corrected chi connectivity index (χ3v) is 5.05. The average molecular weight is 316 g/mol. The first-order valence-electron chi connectivity index (χ1n) is 8.43. The van der Waals surface area contributed by atoms with Crippen LogP contribution in [0.15, 0.2) is 30.3 Å². The molecule has 2 fully saturated rings. The van der Waals surface area contributed by atoms with Gasteiger partial charge in [0, 0.05) is 13.0 Å². The lowest BCUT2D eigenvalue weighted by atomic mass is 9.79. The fraction of sp³-hybridized carbons (Fsp3) is 0.556. The Kier molecular flexibility index (Phi) is 4.55. The molecule has 0 radical (unpaired) electrons. The van der Waals surface area contributed by atoms with Crippen molar-refractivity contribution in [2.45, 2.75) is 57.2 Å². The Bertz CT molecular complexity index is 575. The van der Waals surface area contributed by atoms with Crippen LogP contribution in [0.25, 0.3) is 0 Å². The maximum absolute atomic E-state index is 12.6. The molecule has 1 N–H and O–H groups in total. The lowest BCUT2D eigenvalue weighted by molar-refractivity contribution is -0.120. The van der Waals surface area contributed by atoms with E-state index in [1.165, 1.54) is 0 Å². The summed E-state index contributed by atoms with van der Waals surface area (Å²) in [5.41, 5.74) is 0.727. The van der Waals surface area contributed by atoms with Gasteiger partial charge in [0.15, 0.2) is 0 Å². The van der Waals surface area contributed by atoms with Crippen LogP contribution in [0, 0.1) is 0 Å². The van der Waals surface area contributed by atoms with Gasteiger partial charge >= 0.3 is 6.09 Å². The molecular weight excluding hydrogens is 292 g/mol. The van der Waals surface area contributed by atoms with Crippen molar-refractivity contribution < 1.29 is 14.3 Å². The number of benzene rings is 1. The zero-order chi connectivity index (χ0) is 16.3. The molecule has 1 aromatic rings. The molecule has 2 atom stereocenters. The molecule has 0 bridgehead atoms. The number of nitrogens with zero attached hydrogens (tertiary/aromatic N) is 1. The van der Waals surface area contributed by atoms with E-state index in [1.54, 1.807) is 0 Å². The van der Waals surface area contributed by atoms with Crippen LogP contribution in [0.1, 0.15) is 44.6 Å². The van der Waals surface area contributed by atoms with Crippen LogP contribution in [0.2, 0.25) is 0 Å². The molecular formula is C18H24N2O3. The molecule has 2 amide bonds. The van der Waals surface area contributed by atoms with Crippen LogP contribution in [-0.2, 0) is 16.1 Å². The van der Waals surface area contributed by atoms with E-state index in [2.05, 4.69) is 12.2 Å². The summed E-state index contributed by atoms with van der Waals surface area (Å²) < 4.78 is 5.50. The summed E-state index contributed by atoms with van der Waals surface area (Å²) in [6.45, 7) is 3.05. The van der Waals surface area contributed by atoms with Crippen LogP contribution < -0.4 is 5.32 Å². The van der Waals surface area contributed by atoms with Gasteiger partial charge in [0.25, 0.3) is 0 Å². The standard InChI is InChI=1S/C18H24N2O3/c1-2-15-18(11-9-16(21)19-18)10-6-12-20(15)17(22)23-13-14-7-4-3-5-8-14/h3-5,7-8,15H,2,6,9-13H2,1H3,(H,19,21)/t15?,18-/m0/s1. The minimum absolute atomic E-state index is 0.0194. The summed E-state index contributed by atoms with van der Waals surface area (Å²) in [5.74, 6) is 0.1000. The van der Waals surface area contributed by atoms with Gasteiger partial charge in [-0.2, -0.15) is 0 Å². The van der Waals surface area contributed by atoms with E-state index in [-0.39, 0.29) is 30.2 Å².